The average Bonchev–Trinajstić information content (AvgIpc) is 3.38. The lowest BCUT2D eigenvalue weighted by molar-refractivity contribution is -0.167. The Labute approximate surface area is 446 Å². The molecule has 0 bridgehead atoms. The largest absolute Gasteiger partial charge is 0.462 e. The van der Waals surface area contributed by atoms with Crippen LogP contribution in [0.15, 0.2) is 72.9 Å². The summed E-state index contributed by atoms with van der Waals surface area (Å²) in [6, 6.07) is 0. The molecule has 0 aliphatic heterocycles. The summed E-state index contributed by atoms with van der Waals surface area (Å²) in [5.74, 6) is -0.885. The summed E-state index contributed by atoms with van der Waals surface area (Å²) >= 11 is 0. The van der Waals surface area contributed by atoms with E-state index in [1.54, 1.807) is 0 Å². The molecule has 1 atom stereocenters. The minimum absolute atomic E-state index is 0.0792. The van der Waals surface area contributed by atoms with Crippen molar-refractivity contribution in [3.63, 3.8) is 0 Å². The Morgan fingerprint density at radius 2 is 0.542 bits per heavy atom. The summed E-state index contributed by atoms with van der Waals surface area (Å²) < 4.78 is 16.9. The van der Waals surface area contributed by atoms with Crippen LogP contribution in [0.2, 0.25) is 0 Å². The molecule has 0 saturated carbocycles. The van der Waals surface area contributed by atoms with Crippen molar-refractivity contribution in [3.05, 3.63) is 72.9 Å². The van der Waals surface area contributed by atoms with Crippen LogP contribution in [0.4, 0.5) is 0 Å². The minimum atomic E-state index is -0.783. The van der Waals surface area contributed by atoms with Crippen molar-refractivity contribution in [2.24, 2.45) is 0 Å². The van der Waals surface area contributed by atoms with Gasteiger partial charge in [0.2, 0.25) is 0 Å². The number of allylic oxidation sites excluding steroid dienone is 12. The Bertz CT molecular complexity index is 1340. The second-order valence-electron chi connectivity index (χ2n) is 20.6. The molecule has 0 fully saturated rings. The molecule has 1 unspecified atom stereocenters. The number of carbonyl (C=O) groups excluding carboxylic acids is 3. The number of esters is 3. The number of rotatable bonds is 56. The summed E-state index contributed by atoms with van der Waals surface area (Å²) in [6.07, 6.45) is 77.5. The summed E-state index contributed by atoms with van der Waals surface area (Å²) in [5, 5.41) is 0. The molecule has 0 N–H and O–H groups in total. The maximum absolute atomic E-state index is 12.9. The number of unbranched alkanes of at least 4 members (excludes halogenated alkanes) is 33. The lowest BCUT2D eigenvalue weighted by Gasteiger charge is -2.18. The van der Waals surface area contributed by atoms with Crippen molar-refractivity contribution >= 4 is 17.9 Å². The lowest BCUT2D eigenvalue weighted by atomic mass is 10.0. The first kappa shape index (κ1) is 68.8. The zero-order chi connectivity index (χ0) is 52.2. The van der Waals surface area contributed by atoms with Crippen molar-refractivity contribution in [3.8, 4) is 0 Å². The fourth-order valence-electron chi connectivity index (χ4n) is 8.82. The van der Waals surface area contributed by atoms with Gasteiger partial charge in [-0.2, -0.15) is 0 Å². The van der Waals surface area contributed by atoms with E-state index in [0.29, 0.717) is 19.3 Å². The van der Waals surface area contributed by atoms with Gasteiger partial charge in [0.1, 0.15) is 13.2 Å². The molecular formula is C66H116O6. The van der Waals surface area contributed by atoms with Crippen LogP contribution in [0.5, 0.6) is 0 Å². The van der Waals surface area contributed by atoms with E-state index in [1.165, 1.54) is 161 Å². The Kier molecular flexibility index (Phi) is 57.8. The Morgan fingerprint density at radius 3 is 0.861 bits per heavy atom. The maximum atomic E-state index is 12.9. The van der Waals surface area contributed by atoms with Gasteiger partial charge in [0.25, 0.3) is 0 Å². The highest BCUT2D eigenvalue weighted by molar-refractivity contribution is 5.71. The fraction of sp³-hybridized carbons (Fsp3) is 0.773. The quantitative estimate of drug-likeness (QED) is 0.0261. The highest BCUT2D eigenvalue weighted by Gasteiger charge is 2.19. The van der Waals surface area contributed by atoms with Crippen LogP contribution in [-0.4, -0.2) is 37.2 Å². The molecule has 6 nitrogen and oxygen atoms in total. The zero-order valence-electron chi connectivity index (χ0n) is 47.7. The monoisotopic (exact) mass is 1000 g/mol. The normalized spacial score (nSPS) is 12.5. The van der Waals surface area contributed by atoms with Gasteiger partial charge in [-0.25, -0.2) is 0 Å². The van der Waals surface area contributed by atoms with Crippen molar-refractivity contribution in [1.29, 1.82) is 0 Å². The minimum Gasteiger partial charge on any atom is -0.462 e. The average molecular weight is 1010 g/mol. The number of ether oxygens (including phenoxy) is 3. The van der Waals surface area contributed by atoms with E-state index >= 15 is 0 Å². The van der Waals surface area contributed by atoms with E-state index in [4.69, 9.17) is 14.2 Å². The van der Waals surface area contributed by atoms with E-state index in [-0.39, 0.29) is 31.1 Å². The highest BCUT2D eigenvalue weighted by Crippen LogP contribution is 2.16. The molecule has 0 heterocycles. The molecule has 0 radical (unpaired) electrons. The molecule has 0 aromatic rings. The van der Waals surface area contributed by atoms with E-state index in [0.717, 1.165) is 109 Å². The maximum Gasteiger partial charge on any atom is 0.306 e. The van der Waals surface area contributed by atoms with Crippen LogP contribution >= 0.6 is 0 Å². The molecular weight excluding hydrogens is 889 g/mol. The molecule has 0 aromatic carbocycles. The van der Waals surface area contributed by atoms with Gasteiger partial charge in [-0.15, -0.1) is 0 Å². The fourth-order valence-corrected chi connectivity index (χ4v) is 8.82. The Balaban J connectivity index is 4.37. The van der Waals surface area contributed by atoms with Crippen LogP contribution in [-0.2, 0) is 28.6 Å². The Morgan fingerprint density at radius 1 is 0.292 bits per heavy atom. The van der Waals surface area contributed by atoms with Gasteiger partial charge in [-0.3, -0.25) is 14.4 Å². The van der Waals surface area contributed by atoms with Crippen molar-refractivity contribution in [1.82, 2.24) is 0 Å². The Hall–Kier alpha value is -3.15. The van der Waals surface area contributed by atoms with Crippen LogP contribution in [0.25, 0.3) is 0 Å². The smallest absolute Gasteiger partial charge is 0.306 e. The summed E-state index contributed by atoms with van der Waals surface area (Å²) in [6.45, 7) is 6.54. The second-order valence-corrected chi connectivity index (χ2v) is 20.6. The molecule has 0 rings (SSSR count). The van der Waals surface area contributed by atoms with Crippen LogP contribution in [0.3, 0.4) is 0 Å². The van der Waals surface area contributed by atoms with Gasteiger partial charge in [-0.05, 0) is 89.9 Å². The number of hydrogen-bond donors (Lipinski definition) is 0. The molecule has 0 amide bonds. The third kappa shape index (κ3) is 57.7. The number of hydrogen-bond acceptors (Lipinski definition) is 6. The molecule has 0 aliphatic carbocycles. The molecule has 416 valence electrons. The topological polar surface area (TPSA) is 78.9 Å². The number of carbonyl (C=O) groups is 3. The predicted octanol–water partition coefficient (Wildman–Crippen LogP) is 20.9. The molecule has 6 heteroatoms. The van der Waals surface area contributed by atoms with Gasteiger partial charge >= 0.3 is 17.9 Å². The SMILES string of the molecule is CC/C=C\C/C=C\C/C=C\C/C=C\C/C=C\CCCCCCCCCC(=O)OCC(COC(=O)CCCCCCCCCCCCCCCCC)OC(=O)CCCCCCC/C=C\CCCCCCCCC. The van der Waals surface area contributed by atoms with Gasteiger partial charge < -0.3 is 14.2 Å². The third-order valence-corrected chi connectivity index (χ3v) is 13.4. The van der Waals surface area contributed by atoms with Crippen molar-refractivity contribution < 1.29 is 28.6 Å². The first-order valence-electron chi connectivity index (χ1n) is 30.9. The first-order valence-corrected chi connectivity index (χ1v) is 30.9. The van der Waals surface area contributed by atoms with Crippen molar-refractivity contribution in [2.45, 2.75) is 316 Å². The lowest BCUT2D eigenvalue weighted by Crippen LogP contribution is -2.30. The van der Waals surface area contributed by atoms with E-state index in [9.17, 15) is 14.4 Å². The predicted molar refractivity (Wildman–Crippen MR) is 311 cm³/mol. The van der Waals surface area contributed by atoms with Gasteiger partial charge in [0, 0.05) is 19.3 Å². The van der Waals surface area contributed by atoms with Gasteiger partial charge in [0.05, 0.1) is 0 Å². The molecule has 0 aromatic heterocycles. The first-order chi connectivity index (χ1) is 35.5. The molecule has 0 spiro atoms. The third-order valence-electron chi connectivity index (χ3n) is 13.4. The standard InChI is InChI=1S/C66H116O6/c1-4-7-10-13-16-19-22-25-28-30-31-32-33-34-35-36-39-41-44-47-50-53-56-59-65(68)71-62-63(61-70-64(67)58-55-52-49-46-43-40-37-27-24-21-18-15-12-9-6-3)72-66(69)60-57-54-51-48-45-42-38-29-26-23-20-17-14-11-8-5-2/h7,10,16,19,25,28-29,31-32,34-35,38,63H,4-6,8-9,11-15,17-18,20-24,26-27,30,33,36-37,39-62H2,1-3H3/b10-7-,19-16-,28-25-,32-31-,35-34-,38-29-. The van der Waals surface area contributed by atoms with Crippen LogP contribution < -0.4 is 0 Å². The van der Waals surface area contributed by atoms with Crippen LogP contribution in [0.1, 0.15) is 310 Å². The van der Waals surface area contributed by atoms with Crippen LogP contribution in [0, 0.1) is 0 Å². The summed E-state index contributed by atoms with van der Waals surface area (Å²) in [5.41, 5.74) is 0. The van der Waals surface area contributed by atoms with E-state index in [2.05, 4.69) is 93.7 Å². The highest BCUT2D eigenvalue weighted by atomic mass is 16.6. The van der Waals surface area contributed by atoms with Gasteiger partial charge in [-0.1, -0.05) is 273 Å². The molecule has 0 aliphatic rings. The molecule has 0 saturated heterocycles. The second kappa shape index (κ2) is 60.4. The van der Waals surface area contributed by atoms with E-state index < -0.39 is 6.10 Å². The van der Waals surface area contributed by atoms with E-state index in [1.807, 2.05) is 0 Å². The summed E-state index contributed by atoms with van der Waals surface area (Å²) in [7, 11) is 0. The van der Waals surface area contributed by atoms with Crippen molar-refractivity contribution in [2.75, 3.05) is 13.2 Å². The zero-order valence-corrected chi connectivity index (χ0v) is 47.7. The molecule has 72 heavy (non-hydrogen) atoms. The van der Waals surface area contributed by atoms with Gasteiger partial charge in [0.15, 0.2) is 6.10 Å². The summed E-state index contributed by atoms with van der Waals surface area (Å²) in [4.78, 5) is 38.3.